The molecule has 0 aliphatic carbocycles. The van der Waals surface area contributed by atoms with Crippen LogP contribution in [0.3, 0.4) is 0 Å². The normalized spacial score (nSPS) is 13.4. The molecule has 0 atom stereocenters. The highest BCUT2D eigenvalue weighted by Crippen LogP contribution is 2.27. The third-order valence-electron chi connectivity index (χ3n) is 4.40. The monoisotopic (exact) mass is 339 g/mol. The Balaban J connectivity index is 1.85. The van der Waals surface area contributed by atoms with Crippen LogP contribution in [0.15, 0.2) is 35.3 Å². The maximum atomic E-state index is 12.1. The molecule has 0 fully saturated rings. The number of methoxy groups -OCH3 is 1. The number of anilines is 1. The quantitative estimate of drug-likeness (QED) is 0.814. The molecule has 25 heavy (non-hydrogen) atoms. The maximum absolute atomic E-state index is 12.1. The summed E-state index contributed by atoms with van der Waals surface area (Å²) in [6, 6.07) is 9.74. The lowest BCUT2D eigenvalue weighted by Crippen LogP contribution is -2.35. The molecule has 0 bridgehead atoms. The molecule has 0 saturated heterocycles. The highest BCUT2D eigenvalue weighted by atomic mass is 16.5. The van der Waals surface area contributed by atoms with E-state index in [0.717, 1.165) is 35.3 Å². The molecule has 1 aliphatic rings. The molecular weight excluding hydrogens is 318 g/mol. The molecule has 0 amide bonds. The third kappa shape index (κ3) is 3.90. The van der Waals surface area contributed by atoms with Crippen LogP contribution in [0.1, 0.15) is 22.3 Å². The van der Waals surface area contributed by atoms with Crippen molar-refractivity contribution in [2.75, 3.05) is 31.8 Å². The smallest absolute Gasteiger partial charge is 0.253 e. The van der Waals surface area contributed by atoms with Crippen LogP contribution in [0.2, 0.25) is 0 Å². The summed E-state index contributed by atoms with van der Waals surface area (Å²) in [5.41, 5.74) is 4.44. The molecule has 0 saturated carbocycles. The molecule has 2 aromatic rings. The summed E-state index contributed by atoms with van der Waals surface area (Å²) in [5, 5.41) is 9.17. The summed E-state index contributed by atoms with van der Waals surface area (Å²) in [5.74, 6) is 0. The van der Waals surface area contributed by atoms with E-state index in [1.165, 1.54) is 0 Å². The predicted octanol–water partition coefficient (Wildman–Crippen LogP) is 1.97. The minimum atomic E-state index is -0.0336. The zero-order valence-corrected chi connectivity index (χ0v) is 14.2. The number of hydrogen-bond acceptors (Lipinski definition) is 5. The zero-order valence-electron chi connectivity index (χ0n) is 14.2. The second kappa shape index (κ2) is 7.97. The van der Waals surface area contributed by atoms with E-state index < -0.39 is 0 Å². The summed E-state index contributed by atoms with van der Waals surface area (Å²) in [6.07, 6.45) is 2.52. The number of hydrogen-bond donors (Lipinski definition) is 1. The SMILES string of the molecule is COCCOCc1cc(C#N)ccc1N1CCc2cc[nH]c(=O)c2C1. The first kappa shape index (κ1) is 17.2. The van der Waals surface area contributed by atoms with Gasteiger partial charge in [0.05, 0.1) is 31.5 Å². The molecule has 3 rings (SSSR count). The molecule has 0 unspecified atom stereocenters. The molecule has 1 aromatic carbocycles. The van der Waals surface area contributed by atoms with Crippen LogP contribution in [-0.2, 0) is 29.0 Å². The van der Waals surface area contributed by atoms with E-state index >= 15 is 0 Å². The summed E-state index contributed by atoms with van der Waals surface area (Å²) >= 11 is 0. The standard InChI is InChI=1S/C19H21N3O3/c1-24-8-9-25-13-16-10-14(11-20)2-3-18(16)22-7-5-15-4-6-21-19(23)17(15)12-22/h2-4,6,10H,5,7-9,12-13H2,1H3,(H,21,23). The molecule has 0 radical (unpaired) electrons. The van der Waals surface area contributed by atoms with E-state index in [9.17, 15) is 4.79 Å². The van der Waals surface area contributed by atoms with Crippen molar-refractivity contribution in [3.63, 3.8) is 0 Å². The van der Waals surface area contributed by atoms with Crippen molar-refractivity contribution >= 4 is 5.69 Å². The summed E-state index contributed by atoms with van der Waals surface area (Å²) < 4.78 is 10.7. The average Bonchev–Trinajstić information content (AvgIpc) is 2.65. The van der Waals surface area contributed by atoms with Crippen molar-refractivity contribution in [1.82, 2.24) is 4.98 Å². The van der Waals surface area contributed by atoms with Gasteiger partial charge in [-0.05, 0) is 36.2 Å². The fourth-order valence-corrected chi connectivity index (χ4v) is 3.09. The lowest BCUT2D eigenvalue weighted by Gasteiger charge is -2.31. The number of nitrogens with one attached hydrogen (secondary N) is 1. The summed E-state index contributed by atoms with van der Waals surface area (Å²) in [7, 11) is 1.63. The van der Waals surface area contributed by atoms with Gasteiger partial charge >= 0.3 is 0 Å². The molecule has 130 valence electrons. The van der Waals surface area contributed by atoms with Crippen LogP contribution >= 0.6 is 0 Å². The minimum absolute atomic E-state index is 0.0336. The van der Waals surface area contributed by atoms with E-state index in [1.54, 1.807) is 19.4 Å². The molecular formula is C19H21N3O3. The number of ether oxygens (including phenoxy) is 2. The number of nitriles is 1. The van der Waals surface area contributed by atoms with Gasteiger partial charge in [0.2, 0.25) is 0 Å². The fraction of sp³-hybridized carbons (Fsp3) is 0.368. The number of fused-ring (bicyclic) bond motifs is 1. The van der Waals surface area contributed by atoms with Crippen LogP contribution in [0.25, 0.3) is 0 Å². The van der Waals surface area contributed by atoms with Crippen LogP contribution in [0, 0.1) is 11.3 Å². The second-order valence-corrected chi connectivity index (χ2v) is 5.98. The Hall–Kier alpha value is -2.62. The Morgan fingerprint density at radius 2 is 2.20 bits per heavy atom. The van der Waals surface area contributed by atoms with Gasteiger partial charge in [-0.3, -0.25) is 4.79 Å². The lowest BCUT2D eigenvalue weighted by atomic mass is 10.00. The van der Waals surface area contributed by atoms with Crippen LogP contribution < -0.4 is 10.5 Å². The van der Waals surface area contributed by atoms with Gasteiger partial charge in [0, 0.05) is 43.2 Å². The Kier molecular flexibility index (Phi) is 5.49. The van der Waals surface area contributed by atoms with Crippen molar-refractivity contribution in [2.24, 2.45) is 0 Å². The lowest BCUT2D eigenvalue weighted by molar-refractivity contribution is 0.0618. The van der Waals surface area contributed by atoms with E-state index in [1.807, 2.05) is 18.2 Å². The van der Waals surface area contributed by atoms with Gasteiger partial charge in [0.15, 0.2) is 0 Å². The molecule has 2 heterocycles. The molecule has 0 spiro atoms. The molecule has 1 N–H and O–H groups in total. The first-order valence-electron chi connectivity index (χ1n) is 8.27. The van der Waals surface area contributed by atoms with Crippen molar-refractivity contribution in [2.45, 2.75) is 19.6 Å². The topological polar surface area (TPSA) is 78.3 Å². The maximum Gasteiger partial charge on any atom is 0.253 e. The first-order valence-corrected chi connectivity index (χ1v) is 8.27. The van der Waals surface area contributed by atoms with E-state index in [2.05, 4.69) is 16.0 Å². The number of nitrogens with zero attached hydrogens (tertiary/aromatic N) is 2. The highest BCUT2D eigenvalue weighted by molar-refractivity contribution is 5.58. The Bertz CT molecular complexity index is 839. The van der Waals surface area contributed by atoms with Crippen molar-refractivity contribution in [3.05, 3.63) is 63.1 Å². The second-order valence-electron chi connectivity index (χ2n) is 5.98. The number of aromatic amines is 1. The summed E-state index contributed by atoms with van der Waals surface area (Å²) in [6.45, 7) is 2.81. The van der Waals surface area contributed by atoms with Gasteiger partial charge in [-0.1, -0.05) is 0 Å². The molecule has 6 nitrogen and oxygen atoms in total. The highest BCUT2D eigenvalue weighted by Gasteiger charge is 2.21. The Morgan fingerprint density at radius 3 is 3.00 bits per heavy atom. The predicted molar refractivity (Wildman–Crippen MR) is 94.5 cm³/mol. The van der Waals surface area contributed by atoms with Crippen LogP contribution in [0.4, 0.5) is 5.69 Å². The first-order chi connectivity index (χ1) is 12.2. The van der Waals surface area contributed by atoms with E-state index in [4.69, 9.17) is 14.7 Å². The number of pyridine rings is 1. The van der Waals surface area contributed by atoms with Gasteiger partial charge in [-0.2, -0.15) is 5.26 Å². The van der Waals surface area contributed by atoms with Crippen molar-refractivity contribution < 1.29 is 9.47 Å². The number of benzene rings is 1. The number of aromatic nitrogens is 1. The number of H-pyrrole nitrogens is 1. The van der Waals surface area contributed by atoms with Crippen LogP contribution in [0.5, 0.6) is 0 Å². The van der Waals surface area contributed by atoms with Gasteiger partial charge in [0.1, 0.15) is 0 Å². The molecule has 6 heteroatoms. The zero-order chi connectivity index (χ0) is 17.6. The Morgan fingerprint density at radius 1 is 1.32 bits per heavy atom. The van der Waals surface area contributed by atoms with Gasteiger partial charge in [0.25, 0.3) is 5.56 Å². The number of rotatable bonds is 6. The van der Waals surface area contributed by atoms with Gasteiger partial charge in [-0.15, -0.1) is 0 Å². The third-order valence-corrected chi connectivity index (χ3v) is 4.40. The molecule has 1 aromatic heterocycles. The van der Waals surface area contributed by atoms with Crippen LogP contribution in [-0.4, -0.2) is 31.9 Å². The average molecular weight is 339 g/mol. The van der Waals surface area contributed by atoms with Gasteiger partial charge < -0.3 is 19.4 Å². The van der Waals surface area contributed by atoms with Crippen molar-refractivity contribution in [3.8, 4) is 6.07 Å². The summed E-state index contributed by atoms with van der Waals surface area (Å²) in [4.78, 5) is 17.0. The minimum Gasteiger partial charge on any atom is -0.382 e. The Labute approximate surface area is 146 Å². The van der Waals surface area contributed by atoms with E-state index in [0.29, 0.717) is 31.9 Å². The van der Waals surface area contributed by atoms with Crippen molar-refractivity contribution in [1.29, 1.82) is 5.26 Å². The molecule has 1 aliphatic heterocycles. The largest absolute Gasteiger partial charge is 0.382 e. The van der Waals surface area contributed by atoms with Gasteiger partial charge in [-0.25, -0.2) is 0 Å². The fourth-order valence-electron chi connectivity index (χ4n) is 3.09. The van der Waals surface area contributed by atoms with E-state index in [-0.39, 0.29) is 5.56 Å².